The molecule has 0 aliphatic carbocycles. The van der Waals surface area contributed by atoms with Gasteiger partial charge in [-0.1, -0.05) is 18.2 Å². The maximum Gasteiger partial charge on any atom is 0.321 e. The number of benzene rings is 1. The van der Waals surface area contributed by atoms with Crippen LogP contribution in [-0.4, -0.2) is 45.8 Å². The summed E-state index contributed by atoms with van der Waals surface area (Å²) in [5, 5.41) is 7.47. The molecular formula is C18H24N4OS. The van der Waals surface area contributed by atoms with E-state index in [0.29, 0.717) is 6.54 Å². The summed E-state index contributed by atoms with van der Waals surface area (Å²) in [6, 6.07) is 8.33. The number of nitrogens with one attached hydrogen (secondary N) is 1. The van der Waals surface area contributed by atoms with Crippen molar-refractivity contribution < 1.29 is 4.79 Å². The standard InChI is InChI=1S/C18H24N4OS/c1-14-11-19-22(12-14)16-7-9-21(13-16)18(23)20-17-6-4-3-5-15(17)8-10-24-2/h3-6,11-12,16H,7-10,13H2,1-2H3,(H,20,23). The summed E-state index contributed by atoms with van der Waals surface area (Å²) in [6.45, 7) is 3.51. The topological polar surface area (TPSA) is 50.2 Å². The molecule has 5 nitrogen and oxygen atoms in total. The van der Waals surface area contributed by atoms with Gasteiger partial charge in [0, 0.05) is 25.0 Å². The first-order chi connectivity index (χ1) is 11.7. The van der Waals surface area contributed by atoms with Gasteiger partial charge in [-0.3, -0.25) is 4.68 Å². The van der Waals surface area contributed by atoms with E-state index in [9.17, 15) is 4.79 Å². The number of aryl methyl sites for hydroxylation is 2. The molecule has 1 aliphatic heterocycles. The van der Waals surface area contributed by atoms with Crippen LogP contribution in [0.15, 0.2) is 36.7 Å². The zero-order valence-corrected chi connectivity index (χ0v) is 15.1. The van der Waals surface area contributed by atoms with Gasteiger partial charge in [-0.25, -0.2) is 4.79 Å². The summed E-state index contributed by atoms with van der Waals surface area (Å²) in [6.07, 6.45) is 7.92. The molecule has 0 saturated carbocycles. The molecule has 6 heteroatoms. The van der Waals surface area contributed by atoms with Crippen LogP contribution in [0.4, 0.5) is 10.5 Å². The smallest absolute Gasteiger partial charge is 0.321 e. The van der Waals surface area contributed by atoms with E-state index in [1.165, 1.54) is 5.56 Å². The van der Waals surface area contributed by atoms with Crippen LogP contribution < -0.4 is 5.32 Å². The molecule has 1 aliphatic rings. The molecule has 128 valence electrons. The average molecular weight is 344 g/mol. The number of carbonyl (C=O) groups is 1. The molecule has 2 amide bonds. The van der Waals surface area contributed by atoms with Crippen molar-refractivity contribution in [1.29, 1.82) is 0 Å². The summed E-state index contributed by atoms with van der Waals surface area (Å²) in [4.78, 5) is 14.5. The van der Waals surface area contributed by atoms with Gasteiger partial charge in [0.15, 0.2) is 0 Å². The first kappa shape index (κ1) is 16.9. The van der Waals surface area contributed by atoms with Crippen molar-refractivity contribution in [2.24, 2.45) is 0 Å². The van der Waals surface area contributed by atoms with Crippen LogP contribution in [0.25, 0.3) is 0 Å². The third kappa shape index (κ3) is 3.93. The number of para-hydroxylation sites is 1. The third-order valence-electron chi connectivity index (χ3n) is 4.39. The zero-order valence-electron chi connectivity index (χ0n) is 14.2. The number of hydrogen-bond acceptors (Lipinski definition) is 3. The number of hydrogen-bond donors (Lipinski definition) is 1. The number of aromatic nitrogens is 2. The predicted molar refractivity (Wildman–Crippen MR) is 99.7 cm³/mol. The Balaban J connectivity index is 1.62. The van der Waals surface area contributed by atoms with Gasteiger partial charge in [-0.2, -0.15) is 16.9 Å². The Bertz CT molecular complexity index is 700. The number of amides is 2. The lowest BCUT2D eigenvalue weighted by Gasteiger charge is -2.19. The fourth-order valence-corrected chi connectivity index (χ4v) is 3.47. The maximum atomic E-state index is 12.6. The summed E-state index contributed by atoms with van der Waals surface area (Å²) in [7, 11) is 0. The molecule has 2 aromatic rings. The zero-order chi connectivity index (χ0) is 16.9. The van der Waals surface area contributed by atoms with E-state index in [1.807, 2.05) is 58.9 Å². The molecule has 0 bridgehead atoms. The van der Waals surface area contributed by atoms with Crippen LogP contribution in [-0.2, 0) is 6.42 Å². The molecule has 1 unspecified atom stereocenters. The van der Waals surface area contributed by atoms with Gasteiger partial charge in [0.05, 0.1) is 12.2 Å². The Kier molecular flexibility index (Phi) is 5.45. The van der Waals surface area contributed by atoms with Crippen molar-refractivity contribution in [3.05, 3.63) is 47.8 Å². The minimum absolute atomic E-state index is 0.0158. The van der Waals surface area contributed by atoms with Gasteiger partial charge in [-0.15, -0.1) is 0 Å². The SMILES string of the molecule is CSCCc1ccccc1NC(=O)N1CCC(n2cc(C)cn2)C1. The van der Waals surface area contributed by atoms with E-state index in [4.69, 9.17) is 0 Å². The van der Waals surface area contributed by atoms with Gasteiger partial charge < -0.3 is 10.2 Å². The number of anilines is 1. The van der Waals surface area contributed by atoms with Crippen molar-refractivity contribution in [2.45, 2.75) is 25.8 Å². The van der Waals surface area contributed by atoms with E-state index in [2.05, 4.69) is 22.7 Å². The molecule has 1 saturated heterocycles. The van der Waals surface area contributed by atoms with E-state index < -0.39 is 0 Å². The van der Waals surface area contributed by atoms with Crippen molar-refractivity contribution >= 4 is 23.5 Å². The lowest BCUT2D eigenvalue weighted by molar-refractivity contribution is 0.220. The van der Waals surface area contributed by atoms with Crippen LogP contribution in [0, 0.1) is 6.92 Å². The summed E-state index contributed by atoms with van der Waals surface area (Å²) in [5.74, 6) is 1.05. The van der Waals surface area contributed by atoms with E-state index in [-0.39, 0.29) is 12.1 Å². The number of likely N-dealkylation sites (tertiary alicyclic amines) is 1. The highest BCUT2D eigenvalue weighted by Gasteiger charge is 2.28. The minimum Gasteiger partial charge on any atom is -0.322 e. The van der Waals surface area contributed by atoms with Crippen LogP contribution in [0.5, 0.6) is 0 Å². The van der Waals surface area contributed by atoms with Crippen LogP contribution in [0.1, 0.15) is 23.6 Å². The Morgan fingerprint density at radius 3 is 3.00 bits per heavy atom. The largest absolute Gasteiger partial charge is 0.322 e. The van der Waals surface area contributed by atoms with Gasteiger partial charge >= 0.3 is 6.03 Å². The Labute approximate surface area is 147 Å². The minimum atomic E-state index is -0.0158. The number of nitrogens with zero attached hydrogens (tertiary/aromatic N) is 3. The second kappa shape index (κ2) is 7.75. The van der Waals surface area contributed by atoms with E-state index in [1.54, 1.807) is 0 Å². The molecule has 24 heavy (non-hydrogen) atoms. The predicted octanol–water partition coefficient (Wildman–Crippen LogP) is 3.58. The van der Waals surface area contributed by atoms with Crippen molar-refractivity contribution in [3.8, 4) is 0 Å². The highest BCUT2D eigenvalue weighted by Crippen LogP contribution is 2.23. The molecule has 1 atom stereocenters. The second-order valence-corrected chi connectivity index (χ2v) is 7.20. The van der Waals surface area contributed by atoms with Gasteiger partial charge in [0.2, 0.25) is 0 Å². The monoisotopic (exact) mass is 344 g/mol. The summed E-state index contributed by atoms with van der Waals surface area (Å²) in [5.41, 5.74) is 3.27. The second-order valence-electron chi connectivity index (χ2n) is 6.22. The molecule has 3 rings (SSSR count). The average Bonchev–Trinajstić information content (AvgIpc) is 3.23. The lowest BCUT2D eigenvalue weighted by atomic mass is 10.1. The molecule has 1 aromatic carbocycles. The van der Waals surface area contributed by atoms with E-state index in [0.717, 1.165) is 36.4 Å². The summed E-state index contributed by atoms with van der Waals surface area (Å²) < 4.78 is 1.98. The molecule has 1 aromatic heterocycles. The Morgan fingerprint density at radius 1 is 1.42 bits per heavy atom. The Hall–Kier alpha value is -1.95. The molecular weight excluding hydrogens is 320 g/mol. The maximum absolute atomic E-state index is 12.6. The van der Waals surface area contributed by atoms with Crippen molar-refractivity contribution in [3.63, 3.8) is 0 Å². The number of thioether (sulfide) groups is 1. The fraction of sp³-hybridized carbons (Fsp3) is 0.444. The van der Waals surface area contributed by atoms with Crippen LogP contribution in [0.3, 0.4) is 0 Å². The molecule has 0 spiro atoms. The summed E-state index contributed by atoms with van der Waals surface area (Å²) >= 11 is 1.82. The number of carbonyl (C=O) groups excluding carboxylic acids is 1. The Morgan fingerprint density at radius 2 is 2.25 bits per heavy atom. The number of rotatable bonds is 5. The van der Waals surface area contributed by atoms with Gasteiger partial charge in [-0.05, 0) is 49.0 Å². The van der Waals surface area contributed by atoms with Gasteiger partial charge in [0.1, 0.15) is 0 Å². The molecule has 0 radical (unpaired) electrons. The van der Waals surface area contributed by atoms with Gasteiger partial charge in [0.25, 0.3) is 0 Å². The van der Waals surface area contributed by atoms with Crippen LogP contribution in [0.2, 0.25) is 0 Å². The quantitative estimate of drug-likeness (QED) is 0.902. The molecule has 1 N–H and O–H groups in total. The van der Waals surface area contributed by atoms with Crippen molar-refractivity contribution in [2.75, 3.05) is 30.4 Å². The van der Waals surface area contributed by atoms with Crippen LogP contribution >= 0.6 is 11.8 Å². The highest BCUT2D eigenvalue weighted by atomic mass is 32.2. The van der Waals surface area contributed by atoms with E-state index >= 15 is 0 Å². The molecule has 2 heterocycles. The number of urea groups is 1. The fourth-order valence-electron chi connectivity index (χ4n) is 3.04. The first-order valence-electron chi connectivity index (χ1n) is 8.31. The van der Waals surface area contributed by atoms with Crippen molar-refractivity contribution in [1.82, 2.24) is 14.7 Å². The lowest BCUT2D eigenvalue weighted by Crippen LogP contribution is -2.33. The highest BCUT2D eigenvalue weighted by molar-refractivity contribution is 7.98. The first-order valence-corrected chi connectivity index (χ1v) is 9.70. The third-order valence-corrected chi connectivity index (χ3v) is 5.00. The normalized spacial score (nSPS) is 17.2. The molecule has 1 fully saturated rings.